The van der Waals surface area contributed by atoms with E-state index in [1.54, 1.807) is 29.1 Å². The molecule has 1 N–H and O–H groups in total. The number of hydrogen-bond donors (Lipinski definition) is 1. The van der Waals surface area contributed by atoms with E-state index < -0.39 is 5.41 Å². The van der Waals surface area contributed by atoms with Crippen LogP contribution in [0.5, 0.6) is 0 Å². The summed E-state index contributed by atoms with van der Waals surface area (Å²) in [5, 5.41) is 8.82. The van der Waals surface area contributed by atoms with Gasteiger partial charge >= 0.3 is 0 Å². The summed E-state index contributed by atoms with van der Waals surface area (Å²) in [5.74, 6) is 0.864. The summed E-state index contributed by atoms with van der Waals surface area (Å²) in [6.07, 6.45) is 5.63. The van der Waals surface area contributed by atoms with E-state index in [9.17, 15) is 9.59 Å². The van der Waals surface area contributed by atoms with Crippen LogP contribution < -0.4 is 5.32 Å². The van der Waals surface area contributed by atoms with E-state index in [-0.39, 0.29) is 29.9 Å². The first-order valence-electron chi connectivity index (χ1n) is 9.88. The Bertz CT molecular complexity index is 821. The largest absolute Gasteiger partial charge is 0.361 e. The van der Waals surface area contributed by atoms with Crippen molar-refractivity contribution in [2.45, 2.75) is 70.5 Å². The summed E-state index contributed by atoms with van der Waals surface area (Å²) in [5.41, 5.74) is 2.14. The Morgan fingerprint density at radius 3 is 2.96 bits per heavy atom. The van der Waals surface area contributed by atoms with Gasteiger partial charge < -0.3 is 14.7 Å². The van der Waals surface area contributed by atoms with Crippen LogP contribution in [0.15, 0.2) is 27.7 Å². The fourth-order valence-corrected chi connectivity index (χ4v) is 5.42. The highest BCUT2D eigenvalue weighted by atomic mass is 32.1. The number of nitrogens with zero attached hydrogens (tertiary/aromatic N) is 3. The summed E-state index contributed by atoms with van der Waals surface area (Å²) in [4.78, 5) is 32.8. The van der Waals surface area contributed by atoms with E-state index >= 15 is 0 Å². The Morgan fingerprint density at radius 2 is 2.29 bits per heavy atom. The average molecular weight is 403 g/mol. The molecule has 0 saturated carbocycles. The second kappa shape index (κ2) is 7.66. The molecule has 7 nitrogen and oxygen atoms in total. The smallest absolute Gasteiger partial charge is 0.228 e. The Morgan fingerprint density at radius 1 is 1.43 bits per heavy atom. The minimum atomic E-state index is -0.594. The number of fused-ring (bicyclic) bond motifs is 2. The van der Waals surface area contributed by atoms with Crippen LogP contribution >= 0.6 is 11.3 Å². The van der Waals surface area contributed by atoms with E-state index in [1.165, 1.54) is 0 Å². The molecule has 0 aliphatic carbocycles. The van der Waals surface area contributed by atoms with Gasteiger partial charge in [0.15, 0.2) is 0 Å². The Labute approximate surface area is 168 Å². The maximum absolute atomic E-state index is 13.3. The van der Waals surface area contributed by atoms with Crippen LogP contribution in [-0.4, -0.2) is 45.0 Å². The summed E-state index contributed by atoms with van der Waals surface area (Å²) in [7, 11) is 0. The highest BCUT2D eigenvalue weighted by Crippen LogP contribution is 2.52. The first-order valence-corrected chi connectivity index (χ1v) is 10.8. The third-order valence-electron chi connectivity index (χ3n) is 5.96. The molecular weight excluding hydrogens is 376 g/mol. The Hall–Kier alpha value is -2.22. The molecule has 4 heterocycles. The molecule has 2 fully saturated rings. The molecule has 0 radical (unpaired) electrons. The molecule has 2 aliphatic rings. The van der Waals surface area contributed by atoms with Crippen molar-refractivity contribution in [2.24, 2.45) is 5.41 Å². The van der Waals surface area contributed by atoms with Crippen LogP contribution in [0.2, 0.25) is 0 Å². The molecule has 28 heavy (non-hydrogen) atoms. The summed E-state index contributed by atoms with van der Waals surface area (Å²) in [6.45, 7) is 3.95. The number of nitrogens with one attached hydrogen (secondary N) is 1. The molecular formula is C20H26N4O3S. The van der Waals surface area contributed by atoms with Crippen molar-refractivity contribution >= 4 is 23.2 Å². The van der Waals surface area contributed by atoms with Gasteiger partial charge in [0.2, 0.25) is 11.8 Å². The second-order valence-electron chi connectivity index (χ2n) is 8.17. The molecule has 4 rings (SSSR count). The molecule has 2 aliphatic heterocycles. The van der Waals surface area contributed by atoms with Gasteiger partial charge in [-0.2, -0.15) is 0 Å². The Balaban J connectivity index is 1.56. The lowest BCUT2D eigenvalue weighted by atomic mass is 9.70. The monoisotopic (exact) mass is 402 g/mol. The zero-order chi connectivity index (χ0) is 19.7. The zero-order valence-electron chi connectivity index (χ0n) is 16.3. The molecule has 3 atom stereocenters. The fourth-order valence-electron chi connectivity index (χ4n) is 4.86. The number of rotatable bonds is 7. The normalized spacial score (nSPS) is 26.2. The molecule has 2 saturated heterocycles. The number of amides is 2. The molecule has 150 valence electrons. The number of aromatic nitrogens is 2. The SMILES string of the molecule is CC(C)NC(=O)[C@@]1(Cc2cscn2)C[C@H]2CC[C@@H]1N2C(=O)CCc1ccno1. The second-order valence-corrected chi connectivity index (χ2v) is 8.89. The third kappa shape index (κ3) is 3.45. The molecule has 0 aromatic carbocycles. The van der Waals surface area contributed by atoms with Crippen molar-refractivity contribution in [3.8, 4) is 0 Å². The highest BCUT2D eigenvalue weighted by Gasteiger charge is 2.61. The maximum atomic E-state index is 13.3. The van der Waals surface area contributed by atoms with Crippen LogP contribution in [0.3, 0.4) is 0 Å². The predicted molar refractivity (Wildman–Crippen MR) is 105 cm³/mol. The van der Waals surface area contributed by atoms with Crippen molar-refractivity contribution in [1.29, 1.82) is 0 Å². The van der Waals surface area contributed by atoms with Gasteiger partial charge in [-0.3, -0.25) is 9.59 Å². The van der Waals surface area contributed by atoms with Crippen molar-refractivity contribution in [3.63, 3.8) is 0 Å². The van der Waals surface area contributed by atoms with Gasteiger partial charge in [0, 0.05) is 48.8 Å². The minimum absolute atomic E-state index is 0.0516. The summed E-state index contributed by atoms with van der Waals surface area (Å²) < 4.78 is 5.12. The summed E-state index contributed by atoms with van der Waals surface area (Å²) >= 11 is 1.54. The molecule has 2 aromatic heterocycles. The number of carbonyl (C=O) groups is 2. The lowest BCUT2D eigenvalue weighted by Crippen LogP contribution is -2.52. The molecule has 2 amide bonds. The van der Waals surface area contributed by atoms with Gasteiger partial charge in [0.1, 0.15) is 5.76 Å². The van der Waals surface area contributed by atoms with Crippen LogP contribution in [0.4, 0.5) is 0 Å². The van der Waals surface area contributed by atoms with Crippen LogP contribution in [0.1, 0.15) is 51.0 Å². The first kappa shape index (κ1) is 19.1. The van der Waals surface area contributed by atoms with Crippen molar-refractivity contribution in [2.75, 3.05) is 0 Å². The Kier molecular flexibility index (Phi) is 5.23. The maximum Gasteiger partial charge on any atom is 0.228 e. The number of carbonyl (C=O) groups excluding carboxylic acids is 2. The lowest BCUT2D eigenvalue weighted by molar-refractivity contribution is -0.137. The number of hydrogen-bond acceptors (Lipinski definition) is 6. The topological polar surface area (TPSA) is 88.3 Å². The quantitative estimate of drug-likeness (QED) is 0.769. The first-order chi connectivity index (χ1) is 13.5. The van der Waals surface area contributed by atoms with Gasteiger partial charge in [-0.15, -0.1) is 11.3 Å². The van der Waals surface area contributed by atoms with Crippen molar-refractivity contribution < 1.29 is 14.1 Å². The third-order valence-corrected chi connectivity index (χ3v) is 6.59. The van der Waals surface area contributed by atoms with E-state index in [0.717, 1.165) is 18.5 Å². The standard InChI is InChI=1S/C20H26N4O3S/c1-13(2)23-19(26)20(9-14-11-28-12-21-14)10-15-3-5-17(20)24(15)18(25)6-4-16-7-8-22-27-16/h7-8,11-13,15,17H,3-6,9-10H2,1-2H3,(H,23,26)/t15-,17+,20+/m1/s1. The molecule has 0 unspecified atom stereocenters. The molecule has 2 aromatic rings. The molecule has 8 heteroatoms. The van der Waals surface area contributed by atoms with Gasteiger partial charge in [-0.25, -0.2) is 4.98 Å². The molecule has 0 spiro atoms. The number of thiazole rings is 1. The van der Waals surface area contributed by atoms with Gasteiger partial charge in [0.05, 0.1) is 22.8 Å². The highest BCUT2D eigenvalue weighted by molar-refractivity contribution is 7.07. The van der Waals surface area contributed by atoms with Crippen LogP contribution in [-0.2, 0) is 22.4 Å². The van der Waals surface area contributed by atoms with Crippen molar-refractivity contribution in [1.82, 2.24) is 20.4 Å². The number of aryl methyl sites for hydroxylation is 1. The minimum Gasteiger partial charge on any atom is -0.361 e. The lowest BCUT2D eigenvalue weighted by Gasteiger charge is -2.36. The predicted octanol–water partition coefficient (Wildman–Crippen LogP) is 2.58. The van der Waals surface area contributed by atoms with Crippen LogP contribution in [0.25, 0.3) is 0 Å². The van der Waals surface area contributed by atoms with E-state index in [4.69, 9.17) is 4.52 Å². The van der Waals surface area contributed by atoms with E-state index in [2.05, 4.69) is 15.5 Å². The van der Waals surface area contributed by atoms with Gasteiger partial charge in [-0.1, -0.05) is 5.16 Å². The van der Waals surface area contributed by atoms with E-state index in [0.29, 0.717) is 31.4 Å². The van der Waals surface area contributed by atoms with E-state index in [1.807, 2.05) is 24.1 Å². The zero-order valence-corrected chi connectivity index (χ0v) is 17.1. The molecule has 2 bridgehead atoms. The van der Waals surface area contributed by atoms with Crippen molar-refractivity contribution in [3.05, 3.63) is 34.6 Å². The fraction of sp³-hybridized carbons (Fsp3) is 0.600. The van der Waals surface area contributed by atoms with Gasteiger partial charge in [-0.05, 0) is 33.1 Å². The summed E-state index contributed by atoms with van der Waals surface area (Å²) in [6, 6.07) is 1.91. The van der Waals surface area contributed by atoms with Crippen LogP contribution in [0, 0.1) is 5.41 Å². The average Bonchev–Trinajstić information content (AvgIpc) is 3.43. The van der Waals surface area contributed by atoms with Gasteiger partial charge in [0.25, 0.3) is 0 Å².